The Morgan fingerprint density at radius 1 is 0.960 bits per heavy atom. The van der Waals surface area contributed by atoms with E-state index in [1.165, 1.54) is 6.21 Å². The monoisotopic (exact) mass is 335 g/mol. The second kappa shape index (κ2) is 9.82. The highest BCUT2D eigenvalue weighted by molar-refractivity contribution is 5.93. The normalized spacial score (nSPS) is 10.9. The summed E-state index contributed by atoms with van der Waals surface area (Å²) in [7, 11) is 0. The molecule has 5 nitrogen and oxygen atoms in total. The molecule has 0 saturated carbocycles. The number of anilines is 1. The van der Waals surface area contributed by atoms with Gasteiger partial charge in [-0.25, -0.2) is 5.43 Å². The van der Waals surface area contributed by atoms with E-state index in [4.69, 9.17) is 0 Å². The standard InChI is InChI=1S/C20H21N3O2/c1-16-9-11-18(12-10-16)22-19(24)13-14-20(25)23-21-15-5-8-17-6-3-2-4-7-17/h2-12,15H,13-14H2,1H3,(H,22,24)(H,23,25)/b8-5+,21-15-. The summed E-state index contributed by atoms with van der Waals surface area (Å²) in [6, 6.07) is 17.3. The molecule has 0 bridgehead atoms. The van der Waals surface area contributed by atoms with Gasteiger partial charge in [0.25, 0.3) is 0 Å². The second-order valence-electron chi connectivity index (χ2n) is 5.50. The topological polar surface area (TPSA) is 70.6 Å². The number of nitrogens with one attached hydrogen (secondary N) is 2. The minimum atomic E-state index is -0.302. The average Bonchev–Trinajstić information content (AvgIpc) is 2.62. The lowest BCUT2D eigenvalue weighted by Crippen LogP contribution is -2.20. The van der Waals surface area contributed by atoms with Crippen LogP contribution in [-0.2, 0) is 9.59 Å². The lowest BCUT2D eigenvalue weighted by atomic mass is 10.2. The summed E-state index contributed by atoms with van der Waals surface area (Å²) in [5, 5.41) is 6.57. The van der Waals surface area contributed by atoms with Crippen LogP contribution >= 0.6 is 0 Å². The lowest BCUT2D eigenvalue weighted by Gasteiger charge is -2.05. The number of carbonyl (C=O) groups excluding carboxylic acids is 2. The van der Waals surface area contributed by atoms with Gasteiger partial charge in [0, 0.05) is 24.7 Å². The SMILES string of the molecule is Cc1ccc(NC(=O)CCC(=O)N/N=C\C=C\c2ccccc2)cc1. The Morgan fingerprint density at radius 3 is 2.36 bits per heavy atom. The van der Waals surface area contributed by atoms with E-state index in [1.54, 1.807) is 6.08 Å². The first kappa shape index (κ1) is 18.1. The van der Waals surface area contributed by atoms with Gasteiger partial charge in [0.2, 0.25) is 11.8 Å². The van der Waals surface area contributed by atoms with Crippen LogP contribution in [0.5, 0.6) is 0 Å². The van der Waals surface area contributed by atoms with E-state index >= 15 is 0 Å². The third kappa shape index (κ3) is 7.26. The van der Waals surface area contributed by atoms with Crippen molar-refractivity contribution in [2.24, 2.45) is 5.10 Å². The molecule has 2 rings (SSSR count). The number of allylic oxidation sites excluding steroid dienone is 1. The number of hydrogen-bond donors (Lipinski definition) is 2. The van der Waals surface area contributed by atoms with E-state index in [1.807, 2.05) is 67.6 Å². The fourth-order valence-electron chi connectivity index (χ4n) is 2.01. The van der Waals surface area contributed by atoms with Gasteiger partial charge in [0.05, 0.1) is 0 Å². The molecule has 0 aliphatic carbocycles. The lowest BCUT2D eigenvalue weighted by molar-refractivity contribution is -0.124. The molecule has 2 aromatic carbocycles. The summed E-state index contributed by atoms with van der Waals surface area (Å²) in [5.41, 5.74) is 5.29. The van der Waals surface area contributed by atoms with Crippen LogP contribution < -0.4 is 10.7 Å². The van der Waals surface area contributed by atoms with Crippen molar-refractivity contribution in [1.82, 2.24) is 5.43 Å². The first-order valence-electron chi connectivity index (χ1n) is 8.03. The molecular weight excluding hydrogens is 314 g/mol. The molecule has 0 fully saturated rings. The van der Waals surface area contributed by atoms with Crippen LogP contribution in [0.4, 0.5) is 5.69 Å². The van der Waals surface area contributed by atoms with Crippen LogP contribution in [0.3, 0.4) is 0 Å². The number of amides is 2. The number of benzene rings is 2. The Hall–Kier alpha value is -3.21. The summed E-state index contributed by atoms with van der Waals surface area (Å²) in [6.45, 7) is 1.98. The highest BCUT2D eigenvalue weighted by Gasteiger charge is 2.06. The van der Waals surface area contributed by atoms with Crippen molar-refractivity contribution < 1.29 is 9.59 Å². The summed E-state index contributed by atoms with van der Waals surface area (Å²) < 4.78 is 0. The molecule has 2 N–H and O–H groups in total. The molecule has 0 atom stereocenters. The quantitative estimate of drug-likeness (QED) is 0.600. The highest BCUT2D eigenvalue weighted by atomic mass is 16.2. The zero-order valence-corrected chi connectivity index (χ0v) is 14.1. The van der Waals surface area contributed by atoms with E-state index in [0.717, 1.165) is 16.8 Å². The van der Waals surface area contributed by atoms with Gasteiger partial charge in [-0.15, -0.1) is 0 Å². The first-order chi connectivity index (χ1) is 12.1. The summed E-state index contributed by atoms with van der Waals surface area (Å²) in [4.78, 5) is 23.4. The molecular formula is C20H21N3O2. The molecule has 128 valence electrons. The van der Waals surface area contributed by atoms with E-state index in [-0.39, 0.29) is 24.7 Å². The maximum Gasteiger partial charge on any atom is 0.240 e. The number of hydrogen-bond acceptors (Lipinski definition) is 3. The van der Waals surface area contributed by atoms with Crippen LogP contribution in [-0.4, -0.2) is 18.0 Å². The number of carbonyl (C=O) groups is 2. The number of hydrazone groups is 1. The Morgan fingerprint density at radius 2 is 1.64 bits per heavy atom. The second-order valence-corrected chi connectivity index (χ2v) is 5.50. The fourth-order valence-corrected chi connectivity index (χ4v) is 2.01. The number of nitrogens with zero attached hydrogens (tertiary/aromatic N) is 1. The van der Waals surface area contributed by atoms with E-state index in [9.17, 15) is 9.59 Å². The summed E-state index contributed by atoms with van der Waals surface area (Å²) >= 11 is 0. The van der Waals surface area contributed by atoms with Gasteiger partial charge in [0.1, 0.15) is 0 Å². The van der Waals surface area contributed by atoms with E-state index in [2.05, 4.69) is 15.8 Å². The van der Waals surface area contributed by atoms with Gasteiger partial charge in [-0.2, -0.15) is 5.10 Å². The van der Waals surface area contributed by atoms with Crippen molar-refractivity contribution >= 4 is 29.8 Å². The molecule has 0 aromatic heterocycles. The predicted molar refractivity (Wildman–Crippen MR) is 101 cm³/mol. The minimum Gasteiger partial charge on any atom is -0.326 e. The van der Waals surface area contributed by atoms with Gasteiger partial charge in [-0.05, 0) is 30.7 Å². The number of aryl methyl sites for hydroxylation is 1. The molecule has 0 unspecified atom stereocenters. The van der Waals surface area contributed by atoms with Crippen molar-refractivity contribution in [3.63, 3.8) is 0 Å². The smallest absolute Gasteiger partial charge is 0.240 e. The molecule has 5 heteroatoms. The molecule has 0 heterocycles. The zero-order valence-electron chi connectivity index (χ0n) is 14.1. The molecule has 0 saturated heterocycles. The van der Waals surface area contributed by atoms with Crippen molar-refractivity contribution in [1.29, 1.82) is 0 Å². The Kier molecular flexibility index (Phi) is 7.13. The molecule has 0 aliphatic heterocycles. The van der Waals surface area contributed by atoms with Crippen LogP contribution in [0.25, 0.3) is 6.08 Å². The van der Waals surface area contributed by atoms with Crippen LogP contribution in [0.1, 0.15) is 24.0 Å². The maximum atomic E-state index is 11.8. The maximum absolute atomic E-state index is 11.8. The van der Waals surface area contributed by atoms with Crippen LogP contribution in [0.2, 0.25) is 0 Å². The Labute approximate surface area is 147 Å². The Bertz CT molecular complexity index is 750. The largest absolute Gasteiger partial charge is 0.326 e. The summed E-state index contributed by atoms with van der Waals surface area (Å²) in [6.07, 6.45) is 5.30. The van der Waals surface area contributed by atoms with Crippen molar-refractivity contribution in [2.45, 2.75) is 19.8 Å². The van der Waals surface area contributed by atoms with Gasteiger partial charge < -0.3 is 5.32 Å². The summed E-state index contributed by atoms with van der Waals surface area (Å²) in [5.74, 6) is -0.504. The van der Waals surface area contributed by atoms with Crippen molar-refractivity contribution in [2.75, 3.05) is 5.32 Å². The third-order valence-electron chi connectivity index (χ3n) is 3.35. The molecule has 0 aliphatic rings. The molecule has 0 spiro atoms. The van der Waals surface area contributed by atoms with E-state index < -0.39 is 0 Å². The highest BCUT2D eigenvalue weighted by Crippen LogP contribution is 2.09. The van der Waals surface area contributed by atoms with Gasteiger partial charge in [0.15, 0.2) is 0 Å². The molecule has 2 aromatic rings. The van der Waals surface area contributed by atoms with E-state index in [0.29, 0.717) is 0 Å². The van der Waals surface area contributed by atoms with Crippen LogP contribution in [0.15, 0.2) is 65.8 Å². The van der Waals surface area contributed by atoms with Crippen LogP contribution in [0, 0.1) is 6.92 Å². The first-order valence-corrected chi connectivity index (χ1v) is 8.03. The van der Waals surface area contributed by atoms with Gasteiger partial charge in [-0.1, -0.05) is 54.1 Å². The molecule has 0 radical (unpaired) electrons. The third-order valence-corrected chi connectivity index (χ3v) is 3.35. The zero-order chi connectivity index (χ0) is 17.9. The predicted octanol–water partition coefficient (Wildman–Crippen LogP) is 3.53. The average molecular weight is 335 g/mol. The van der Waals surface area contributed by atoms with Gasteiger partial charge in [-0.3, -0.25) is 9.59 Å². The molecule has 2 amide bonds. The van der Waals surface area contributed by atoms with Crippen molar-refractivity contribution in [3.05, 3.63) is 71.8 Å². The van der Waals surface area contributed by atoms with Gasteiger partial charge >= 0.3 is 0 Å². The molecule has 25 heavy (non-hydrogen) atoms. The van der Waals surface area contributed by atoms with Crippen molar-refractivity contribution in [3.8, 4) is 0 Å². The fraction of sp³-hybridized carbons (Fsp3) is 0.150. The number of rotatable bonds is 7. The Balaban J connectivity index is 1.66. The minimum absolute atomic E-state index is 0.0808.